The number of carbonyl (C=O) groups is 2. The number of carbonyl (C=O) groups excluding carboxylic acids is 2. The van der Waals surface area contributed by atoms with Crippen LogP contribution in [0.1, 0.15) is 18.7 Å². The number of nitro groups is 1. The molecule has 146 valence electrons. The lowest BCUT2D eigenvalue weighted by Crippen LogP contribution is -2.47. The monoisotopic (exact) mass is 386 g/mol. The third-order valence-electron chi connectivity index (χ3n) is 4.00. The molecule has 0 aliphatic carbocycles. The van der Waals surface area contributed by atoms with E-state index in [1.165, 1.54) is 24.5 Å². The number of anilines is 1. The molecule has 0 unspecified atom stereocenters. The molecule has 0 radical (unpaired) electrons. The average Bonchev–Trinajstić information content (AvgIpc) is 3.21. The Morgan fingerprint density at radius 2 is 2.18 bits per heavy atom. The standard InChI is InChI=1S/C18H18N4O6/c1-2-27-17(23)15-13(10-19-11-5-3-6-12(9-11)22(25)26)20-18(24)21-16(15)14-7-4-8-28-14/h3-9,16,19H,2,10H2,1H3,(H2,20,21,24)/t16-/m1/s1. The van der Waals surface area contributed by atoms with Crippen molar-refractivity contribution in [2.24, 2.45) is 0 Å². The van der Waals surface area contributed by atoms with Crippen LogP contribution in [0.5, 0.6) is 0 Å². The van der Waals surface area contributed by atoms with Gasteiger partial charge in [0, 0.05) is 17.8 Å². The molecule has 0 fully saturated rings. The number of esters is 1. The van der Waals surface area contributed by atoms with Crippen LogP contribution in [0.4, 0.5) is 16.2 Å². The average molecular weight is 386 g/mol. The third kappa shape index (κ3) is 4.11. The number of hydrogen-bond acceptors (Lipinski definition) is 7. The zero-order valence-corrected chi connectivity index (χ0v) is 14.9. The fourth-order valence-corrected chi connectivity index (χ4v) is 2.80. The fourth-order valence-electron chi connectivity index (χ4n) is 2.80. The SMILES string of the molecule is CCOC(=O)C1=C(CNc2cccc([N+](=O)[O-])c2)NC(=O)N[C@@H]1c1ccco1. The van der Waals surface area contributed by atoms with Crippen molar-refractivity contribution in [3.63, 3.8) is 0 Å². The number of ether oxygens (including phenoxy) is 1. The zero-order chi connectivity index (χ0) is 20.1. The lowest BCUT2D eigenvalue weighted by Gasteiger charge is -2.28. The lowest BCUT2D eigenvalue weighted by molar-refractivity contribution is -0.384. The second kappa shape index (κ2) is 8.25. The first kappa shape index (κ1) is 19.0. The van der Waals surface area contributed by atoms with Gasteiger partial charge in [0.1, 0.15) is 11.8 Å². The first-order chi connectivity index (χ1) is 13.5. The maximum Gasteiger partial charge on any atom is 0.338 e. The van der Waals surface area contributed by atoms with E-state index in [1.54, 1.807) is 25.1 Å². The van der Waals surface area contributed by atoms with Gasteiger partial charge in [-0.25, -0.2) is 9.59 Å². The number of amides is 2. The Kier molecular flexibility index (Phi) is 5.58. The van der Waals surface area contributed by atoms with Gasteiger partial charge in [0.05, 0.1) is 35.6 Å². The number of nitrogens with one attached hydrogen (secondary N) is 3. The molecule has 2 heterocycles. The van der Waals surface area contributed by atoms with Crippen LogP contribution in [0.15, 0.2) is 58.3 Å². The summed E-state index contributed by atoms with van der Waals surface area (Å²) in [5.74, 6) is -0.224. The number of non-ortho nitro benzene ring substituents is 1. The molecule has 1 aromatic carbocycles. The number of benzene rings is 1. The summed E-state index contributed by atoms with van der Waals surface area (Å²) in [5.41, 5.74) is 0.865. The van der Waals surface area contributed by atoms with Gasteiger partial charge >= 0.3 is 12.0 Å². The summed E-state index contributed by atoms with van der Waals surface area (Å²) in [6.07, 6.45) is 1.44. The Morgan fingerprint density at radius 1 is 1.36 bits per heavy atom. The topological polar surface area (TPSA) is 136 Å². The summed E-state index contributed by atoms with van der Waals surface area (Å²) < 4.78 is 10.5. The first-order valence-corrected chi connectivity index (χ1v) is 8.49. The number of hydrogen-bond donors (Lipinski definition) is 3. The number of furan rings is 1. The van der Waals surface area contributed by atoms with Crippen molar-refractivity contribution in [3.05, 3.63) is 69.8 Å². The molecule has 1 aliphatic heterocycles. The zero-order valence-electron chi connectivity index (χ0n) is 14.9. The molecule has 3 rings (SSSR count). The number of nitrogens with zero attached hydrogens (tertiary/aromatic N) is 1. The summed E-state index contributed by atoms with van der Waals surface area (Å²) in [6, 6.07) is 7.87. The molecule has 3 N–H and O–H groups in total. The summed E-state index contributed by atoms with van der Waals surface area (Å²) in [7, 11) is 0. The van der Waals surface area contributed by atoms with Gasteiger partial charge in [-0.3, -0.25) is 10.1 Å². The second-order valence-electron chi connectivity index (χ2n) is 5.82. The van der Waals surface area contributed by atoms with Crippen LogP contribution < -0.4 is 16.0 Å². The van der Waals surface area contributed by atoms with E-state index in [-0.39, 0.29) is 30.1 Å². The molecule has 0 spiro atoms. The van der Waals surface area contributed by atoms with Gasteiger partial charge in [-0.05, 0) is 25.1 Å². The van der Waals surface area contributed by atoms with Crippen LogP contribution in [-0.4, -0.2) is 30.1 Å². The fraction of sp³-hybridized carbons (Fsp3) is 0.222. The minimum absolute atomic E-state index is 0.0416. The van der Waals surface area contributed by atoms with E-state index in [2.05, 4.69) is 16.0 Å². The third-order valence-corrected chi connectivity index (χ3v) is 4.00. The van der Waals surface area contributed by atoms with Gasteiger partial charge in [-0.15, -0.1) is 0 Å². The van der Waals surface area contributed by atoms with Gasteiger partial charge < -0.3 is 25.1 Å². The Balaban J connectivity index is 1.92. The molecule has 1 aliphatic rings. The van der Waals surface area contributed by atoms with Gasteiger partial charge in [0.15, 0.2) is 0 Å². The molecule has 2 amide bonds. The number of rotatable bonds is 7. The molecule has 1 atom stereocenters. The Morgan fingerprint density at radius 3 is 2.86 bits per heavy atom. The smallest absolute Gasteiger partial charge is 0.338 e. The Hall–Kier alpha value is -3.82. The van der Waals surface area contributed by atoms with Crippen molar-refractivity contribution >= 4 is 23.4 Å². The first-order valence-electron chi connectivity index (χ1n) is 8.49. The van der Waals surface area contributed by atoms with Crippen LogP contribution in [0.2, 0.25) is 0 Å². The highest BCUT2D eigenvalue weighted by atomic mass is 16.6. The second-order valence-corrected chi connectivity index (χ2v) is 5.82. The molecule has 0 saturated carbocycles. The molecular formula is C18H18N4O6. The van der Waals surface area contributed by atoms with Crippen LogP contribution in [0, 0.1) is 10.1 Å². The summed E-state index contributed by atoms with van der Waals surface area (Å²) in [6.45, 7) is 1.88. The Bertz CT molecular complexity index is 922. The number of nitro benzene ring substituents is 1. The molecule has 1 aromatic heterocycles. The van der Waals surface area contributed by atoms with Gasteiger partial charge in [0.25, 0.3) is 5.69 Å². The predicted octanol–water partition coefficient (Wildman–Crippen LogP) is 2.47. The highest BCUT2D eigenvalue weighted by molar-refractivity contribution is 5.95. The molecular weight excluding hydrogens is 368 g/mol. The predicted molar refractivity (Wildman–Crippen MR) is 98.4 cm³/mol. The molecule has 10 nitrogen and oxygen atoms in total. The van der Waals surface area contributed by atoms with Crippen LogP contribution in [0.3, 0.4) is 0 Å². The normalized spacial score (nSPS) is 16.2. The van der Waals surface area contributed by atoms with E-state index in [4.69, 9.17) is 9.15 Å². The Labute approximate surface area is 159 Å². The quantitative estimate of drug-likeness (QED) is 0.378. The molecule has 10 heteroatoms. The van der Waals surface area contributed by atoms with Gasteiger partial charge in [-0.1, -0.05) is 6.07 Å². The minimum Gasteiger partial charge on any atom is -0.467 e. The minimum atomic E-state index is -0.815. The van der Waals surface area contributed by atoms with Crippen molar-refractivity contribution < 1.29 is 23.7 Å². The van der Waals surface area contributed by atoms with Gasteiger partial charge in [-0.2, -0.15) is 0 Å². The summed E-state index contributed by atoms with van der Waals surface area (Å²) >= 11 is 0. The van der Waals surface area contributed by atoms with E-state index < -0.39 is 23.0 Å². The molecule has 0 bridgehead atoms. The molecule has 2 aromatic rings. The van der Waals surface area contributed by atoms with E-state index in [1.807, 2.05) is 0 Å². The maximum atomic E-state index is 12.5. The van der Waals surface area contributed by atoms with Crippen LogP contribution in [0.25, 0.3) is 0 Å². The van der Waals surface area contributed by atoms with Crippen molar-refractivity contribution in [3.8, 4) is 0 Å². The van der Waals surface area contributed by atoms with Crippen molar-refractivity contribution in [2.75, 3.05) is 18.5 Å². The van der Waals surface area contributed by atoms with Crippen molar-refractivity contribution in [2.45, 2.75) is 13.0 Å². The lowest BCUT2D eigenvalue weighted by atomic mass is 10.00. The van der Waals surface area contributed by atoms with Gasteiger partial charge in [0.2, 0.25) is 0 Å². The van der Waals surface area contributed by atoms with E-state index in [9.17, 15) is 19.7 Å². The molecule has 28 heavy (non-hydrogen) atoms. The van der Waals surface area contributed by atoms with Crippen LogP contribution in [-0.2, 0) is 9.53 Å². The highest BCUT2D eigenvalue weighted by Gasteiger charge is 2.35. The molecule has 0 saturated heterocycles. The van der Waals surface area contributed by atoms with E-state index in [0.29, 0.717) is 11.4 Å². The van der Waals surface area contributed by atoms with Crippen molar-refractivity contribution in [1.29, 1.82) is 0 Å². The van der Waals surface area contributed by atoms with E-state index >= 15 is 0 Å². The highest BCUT2D eigenvalue weighted by Crippen LogP contribution is 2.28. The van der Waals surface area contributed by atoms with E-state index in [0.717, 1.165) is 0 Å². The summed E-state index contributed by atoms with van der Waals surface area (Å²) in [4.78, 5) is 35.1. The van der Waals surface area contributed by atoms with Crippen LogP contribution >= 0.6 is 0 Å². The maximum absolute atomic E-state index is 12.5. The summed E-state index contributed by atoms with van der Waals surface area (Å²) in [5, 5.41) is 19.1. The van der Waals surface area contributed by atoms with Crippen molar-refractivity contribution in [1.82, 2.24) is 10.6 Å². The number of urea groups is 1. The largest absolute Gasteiger partial charge is 0.467 e.